The molecule has 130 valence electrons. The van der Waals surface area contributed by atoms with Crippen LogP contribution in [0.4, 0.5) is 11.5 Å². The van der Waals surface area contributed by atoms with Crippen LogP contribution in [0, 0.1) is 13.8 Å². The summed E-state index contributed by atoms with van der Waals surface area (Å²) in [7, 11) is -0.198. The molecule has 1 N–H and O–H groups in total. The van der Waals surface area contributed by atoms with Crippen molar-refractivity contribution in [2.45, 2.75) is 25.7 Å². The number of hydrogen-bond acceptors (Lipinski definition) is 6. The number of sulfonamides is 1. The van der Waals surface area contributed by atoms with Gasteiger partial charge >= 0.3 is 6.01 Å². The highest BCUT2D eigenvalue weighted by molar-refractivity contribution is 7.92. The fraction of sp³-hybridized carbons (Fsp3) is 0.375. The molecule has 0 atom stereocenters. The molecule has 2 rings (SSSR count). The summed E-state index contributed by atoms with van der Waals surface area (Å²) in [6.45, 7) is 5.94. The lowest BCUT2D eigenvalue weighted by Gasteiger charge is -2.18. The van der Waals surface area contributed by atoms with Gasteiger partial charge in [-0.1, -0.05) is 17.7 Å². The highest BCUT2D eigenvalue weighted by Crippen LogP contribution is 2.27. The summed E-state index contributed by atoms with van der Waals surface area (Å²) < 4.78 is 33.2. The van der Waals surface area contributed by atoms with E-state index in [4.69, 9.17) is 4.74 Å². The van der Waals surface area contributed by atoms with Crippen molar-refractivity contribution in [2.24, 2.45) is 0 Å². The zero-order valence-electron chi connectivity index (χ0n) is 14.5. The maximum atomic E-state index is 12.7. The molecule has 1 heterocycles. The largest absolute Gasteiger partial charge is 0.464 e. The number of rotatable bonds is 6. The molecular formula is C16H22N4O3S. The van der Waals surface area contributed by atoms with Gasteiger partial charge in [-0.15, -0.1) is 0 Å². The monoisotopic (exact) mass is 350 g/mol. The normalized spacial score (nSPS) is 11.2. The van der Waals surface area contributed by atoms with Crippen LogP contribution in [0.15, 0.2) is 29.3 Å². The van der Waals surface area contributed by atoms with E-state index in [-0.39, 0.29) is 10.9 Å². The van der Waals surface area contributed by atoms with Gasteiger partial charge in [0.15, 0.2) is 5.82 Å². The lowest BCUT2D eigenvalue weighted by molar-refractivity contribution is 0.313. The van der Waals surface area contributed by atoms with Crippen molar-refractivity contribution in [3.05, 3.63) is 35.5 Å². The Morgan fingerprint density at radius 2 is 1.96 bits per heavy atom. The third kappa shape index (κ3) is 3.94. The minimum atomic E-state index is -3.74. The predicted molar refractivity (Wildman–Crippen MR) is 94.3 cm³/mol. The molecular weight excluding hydrogens is 328 g/mol. The van der Waals surface area contributed by atoms with E-state index in [1.807, 2.05) is 19.9 Å². The van der Waals surface area contributed by atoms with Crippen LogP contribution in [-0.2, 0) is 10.0 Å². The summed E-state index contributed by atoms with van der Waals surface area (Å²) in [4.78, 5) is 10.2. The Balaban J connectivity index is 2.42. The summed E-state index contributed by atoms with van der Waals surface area (Å²) in [5.74, 6) is 0.432. The number of ether oxygens (including phenoxy) is 1. The Morgan fingerprint density at radius 1 is 1.25 bits per heavy atom. The zero-order chi connectivity index (χ0) is 17.9. The first-order chi connectivity index (χ1) is 11.2. The molecule has 2 aromatic rings. The molecule has 0 aliphatic heterocycles. The fourth-order valence-corrected chi connectivity index (χ4v) is 3.54. The first-order valence-electron chi connectivity index (χ1n) is 7.52. The highest BCUT2D eigenvalue weighted by atomic mass is 32.2. The maximum Gasteiger partial charge on any atom is 0.318 e. The maximum absolute atomic E-state index is 12.7. The van der Waals surface area contributed by atoms with Crippen molar-refractivity contribution in [1.29, 1.82) is 0 Å². The molecule has 0 saturated carbocycles. The third-order valence-corrected chi connectivity index (χ3v) is 4.83. The lowest BCUT2D eigenvalue weighted by atomic mass is 10.2. The van der Waals surface area contributed by atoms with E-state index in [2.05, 4.69) is 14.7 Å². The van der Waals surface area contributed by atoms with Crippen LogP contribution in [-0.4, -0.2) is 39.1 Å². The summed E-state index contributed by atoms with van der Waals surface area (Å²) in [5.41, 5.74) is 1.98. The molecule has 1 aromatic carbocycles. The van der Waals surface area contributed by atoms with Gasteiger partial charge in [0.25, 0.3) is 10.0 Å². The van der Waals surface area contributed by atoms with Crippen molar-refractivity contribution in [2.75, 3.05) is 30.3 Å². The van der Waals surface area contributed by atoms with Crippen LogP contribution in [0.2, 0.25) is 0 Å². The highest BCUT2D eigenvalue weighted by Gasteiger charge is 2.20. The van der Waals surface area contributed by atoms with Gasteiger partial charge in [-0.05, 0) is 32.4 Å². The third-order valence-electron chi connectivity index (χ3n) is 3.31. The standard InChI is InChI=1S/C16H22N4O3S/c1-6-23-16-17-10-13(15(18-16)20(4)5)19-24(21,22)14-8-7-11(2)9-12(14)3/h7-10,19H,6H2,1-5H3. The molecule has 0 unspecified atom stereocenters. The summed E-state index contributed by atoms with van der Waals surface area (Å²) in [6, 6.07) is 5.40. The second kappa shape index (κ2) is 7.04. The number of nitrogens with one attached hydrogen (secondary N) is 1. The van der Waals surface area contributed by atoms with E-state index in [1.165, 1.54) is 6.20 Å². The van der Waals surface area contributed by atoms with Gasteiger partial charge in [0.2, 0.25) is 0 Å². The van der Waals surface area contributed by atoms with Crippen molar-refractivity contribution < 1.29 is 13.2 Å². The Hall–Kier alpha value is -2.35. The van der Waals surface area contributed by atoms with Gasteiger partial charge in [0.1, 0.15) is 5.69 Å². The molecule has 0 radical (unpaired) electrons. The molecule has 0 bridgehead atoms. The van der Waals surface area contributed by atoms with Crippen LogP contribution < -0.4 is 14.4 Å². The molecule has 7 nitrogen and oxygen atoms in total. The number of aryl methyl sites for hydroxylation is 2. The number of nitrogens with zero attached hydrogens (tertiary/aromatic N) is 3. The Labute approximate surface area is 142 Å². The van der Waals surface area contributed by atoms with Gasteiger partial charge in [-0.2, -0.15) is 4.98 Å². The minimum absolute atomic E-state index is 0.204. The van der Waals surface area contributed by atoms with Gasteiger partial charge in [0.05, 0.1) is 17.7 Å². The van der Waals surface area contributed by atoms with E-state index in [0.717, 1.165) is 5.56 Å². The first kappa shape index (κ1) is 18.0. The van der Waals surface area contributed by atoms with E-state index in [9.17, 15) is 8.42 Å². The van der Waals surface area contributed by atoms with Crippen LogP contribution in [0.25, 0.3) is 0 Å². The van der Waals surface area contributed by atoms with Crippen LogP contribution in [0.5, 0.6) is 6.01 Å². The fourth-order valence-electron chi connectivity index (χ4n) is 2.27. The zero-order valence-corrected chi connectivity index (χ0v) is 15.3. The first-order valence-corrected chi connectivity index (χ1v) is 9.00. The molecule has 0 aliphatic carbocycles. The van der Waals surface area contributed by atoms with Crippen molar-refractivity contribution >= 4 is 21.5 Å². The Bertz CT molecular complexity index is 835. The SMILES string of the molecule is CCOc1ncc(NS(=O)(=O)c2ccc(C)cc2C)c(N(C)C)n1. The van der Waals surface area contributed by atoms with E-state index in [1.54, 1.807) is 38.1 Å². The molecule has 8 heteroatoms. The quantitative estimate of drug-likeness (QED) is 0.861. The lowest BCUT2D eigenvalue weighted by Crippen LogP contribution is -2.19. The number of hydrogen-bond donors (Lipinski definition) is 1. The number of anilines is 2. The van der Waals surface area contributed by atoms with Crippen molar-refractivity contribution in [3.63, 3.8) is 0 Å². The molecule has 0 spiro atoms. The number of aromatic nitrogens is 2. The van der Waals surface area contributed by atoms with Crippen molar-refractivity contribution in [1.82, 2.24) is 9.97 Å². The van der Waals surface area contributed by atoms with E-state index < -0.39 is 10.0 Å². The predicted octanol–water partition coefficient (Wildman–Crippen LogP) is 2.36. The van der Waals surface area contributed by atoms with Gasteiger partial charge < -0.3 is 9.64 Å². The van der Waals surface area contributed by atoms with E-state index in [0.29, 0.717) is 23.7 Å². The van der Waals surface area contributed by atoms with Crippen LogP contribution in [0.1, 0.15) is 18.1 Å². The second-order valence-electron chi connectivity index (χ2n) is 5.59. The topological polar surface area (TPSA) is 84.4 Å². The average Bonchev–Trinajstić information content (AvgIpc) is 2.48. The average molecular weight is 350 g/mol. The van der Waals surface area contributed by atoms with Gasteiger partial charge in [-0.25, -0.2) is 13.4 Å². The van der Waals surface area contributed by atoms with Gasteiger partial charge in [0, 0.05) is 14.1 Å². The second-order valence-corrected chi connectivity index (χ2v) is 7.24. The van der Waals surface area contributed by atoms with E-state index >= 15 is 0 Å². The molecule has 24 heavy (non-hydrogen) atoms. The minimum Gasteiger partial charge on any atom is -0.464 e. The smallest absolute Gasteiger partial charge is 0.318 e. The number of benzene rings is 1. The molecule has 0 fully saturated rings. The molecule has 0 amide bonds. The summed E-state index contributed by atoms with van der Waals surface area (Å²) in [5, 5.41) is 0. The summed E-state index contributed by atoms with van der Waals surface area (Å²) >= 11 is 0. The van der Waals surface area contributed by atoms with Crippen molar-refractivity contribution in [3.8, 4) is 6.01 Å². The van der Waals surface area contributed by atoms with Gasteiger partial charge in [-0.3, -0.25) is 4.72 Å². The molecule has 0 aliphatic rings. The van der Waals surface area contributed by atoms with Crippen LogP contribution >= 0.6 is 0 Å². The molecule has 1 aromatic heterocycles. The summed E-state index contributed by atoms with van der Waals surface area (Å²) in [6.07, 6.45) is 1.41. The Morgan fingerprint density at radius 3 is 2.54 bits per heavy atom. The van der Waals surface area contributed by atoms with Crippen LogP contribution in [0.3, 0.4) is 0 Å². The molecule has 0 saturated heterocycles. The Kier molecular flexibility index (Phi) is 5.28.